The molecule has 0 aliphatic carbocycles. The van der Waals surface area contributed by atoms with Crippen LogP contribution in [0, 0.1) is 0 Å². The smallest absolute Gasteiger partial charge is 0.219 e. The minimum absolute atomic E-state index is 0.00463. The van der Waals surface area contributed by atoms with E-state index in [0.29, 0.717) is 0 Å². The van der Waals surface area contributed by atoms with Crippen LogP contribution in [0.15, 0.2) is 0 Å². The molecule has 0 aliphatic heterocycles. The zero-order valence-corrected chi connectivity index (χ0v) is 32.4. The normalized spacial score (nSPS) is 7.00. The summed E-state index contributed by atoms with van der Waals surface area (Å²) >= 11 is 0. The number of ketones is 3. The van der Waals surface area contributed by atoms with E-state index >= 15 is 0 Å². The predicted octanol–water partition coefficient (Wildman–Crippen LogP) is 4.72. The number of hydrogen-bond acceptors (Lipinski definition) is 8. The second kappa shape index (κ2) is 72.3. The summed E-state index contributed by atoms with van der Waals surface area (Å²) in [6.07, 6.45) is 2.50. The second-order valence-corrected chi connectivity index (χ2v) is 8.88. The van der Waals surface area contributed by atoms with Gasteiger partial charge in [0.05, 0.1) is 0 Å². The highest BCUT2D eigenvalue weighted by atomic mass is 16.2. The zero-order valence-electron chi connectivity index (χ0n) is 32.4. The molecule has 44 heavy (non-hydrogen) atoms. The molecular formula is C32H75N5O7. The fourth-order valence-corrected chi connectivity index (χ4v) is 0.472. The standard InChI is InChI=1S/C5H11NO.C4H9NO.C3H7NO.C3H9N.3C3H6O.2C3H8.C2H5NO/c1-4-6(3)5(2)7;1-3-5-4(2)6;1-3(5)4-2;1-3-4-2;3*1-3(2)4;2*1-3-2;1-2(3)4/h4H2,1-3H3;3H2,1-2H3,(H,5,6);1-2H3,(H,4,5);4H,3H2,1-2H3;3*1-2H3;2*3H2,1-2H3;1H3,(H2,3,4). The Morgan fingerprint density at radius 2 is 0.727 bits per heavy atom. The van der Waals surface area contributed by atoms with Crippen LogP contribution in [0.1, 0.15) is 131 Å². The van der Waals surface area contributed by atoms with E-state index in [4.69, 9.17) is 0 Å². The molecule has 12 nitrogen and oxygen atoms in total. The molecule has 4 amide bonds. The maximum atomic E-state index is 10.3. The number of rotatable bonds is 3. The number of carbonyl (C=O) groups is 7. The number of amides is 4. The maximum absolute atomic E-state index is 10.3. The van der Waals surface area contributed by atoms with E-state index in [2.05, 4.69) is 56.3 Å². The monoisotopic (exact) mass is 642 g/mol. The molecule has 0 aromatic heterocycles. The first-order chi connectivity index (χ1) is 19.9. The van der Waals surface area contributed by atoms with Crippen LogP contribution in [-0.2, 0) is 33.6 Å². The summed E-state index contributed by atoms with van der Waals surface area (Å²) in [6.45, 7) is 32.0. The van der Waals surface area contributed by atoms with Crippen LogP contribution in [0.2, 0.25) is 0 Å². The van der Waals surface area contributed by atoms with Gasteiger partial charge in [0, 0.05) is 54.9 Å². The number of primary amides is 1. The van der Waals surface area contributed by atoms with Crippen LogP contribution >= 0.6 is 0 Å². The van der Waals surface area contributed by atoms with Crippen LogP contribution in [0.3, 0.4) is 0 Å². The van der Waals surface area contributed by atoms with Gasteiger partial charge in [0.15, 0.2) is 0 Å². The summed E-state index contributed by atoms with van der Waals surface area (Å²) in [5.41, 5.74) is 4.47. The molecule has 270 valence electrons. The second-order valence-electron chi connectivity index (χ2n) is 8.88. The van der Waals surface area contributed by atoms with Crippen molar-refractivity contribution < 1.29 is 33.6 Å². The van der Waals surface area contributed by atoms with Gasteiger partial charge in [0.2, 0.25) is 23.6 Å². The molecule has 0 aliphatic rings. The zero-order chi connectivity index (χ0) is 38.3. The molecule has 0 saturated carbocycles. The van der Waals surface area contributed by atoms with E-state index in [9.17, 15) is 33.6 Å². The van der Waals surface area contributed by atoms with E-state index in [1.165, 1.54) is 75.2 Å². The number of nitrogens with two attached hydrogens (primary N) is 1. The average molecular weight is 642 g/mol. The van der Waals surface area contributed by atoms with E-state index in [-0.39, 0.29) is 41.0 Å². The molecule has 0 aromatic rings. The predicted molar refractivity (Wildman–Crippen MR) is 189 cm³/mol. The van der Waals surface area contributed by atoms with Crippen molar-refractivity contribution in [1.29, 1.82) is 0 Å². The molecule has 12 heteroatoms. The molecule has 0 saturated heterocycles. The lowest BCUT2D eigenvalue weighted by Gasteiger charge is -2.09. The van der Waals surface area contributed by atoms with Crippen LogP contribution < -0.4 is 21.7 Å². The van der Waals surface area contributed by atoms with E-state index in [1.807, 2.05) is 20.9 Å². The fraction of sp³-hybridized carbons (Fsp3) is 0.781. The van der Waals surface area contributed by atoms with Gasteiger partial charge in [0.25, 0.3) is 0 Å². The van der Waals surface area contributed by atoms with Crippen LogP contribution in [0.25, 0.3) is 0 Å². The van der Waals surface area contributed by atoms with Crippen LogP contribution in [0.4, 0.5) is 0 Å². The minimum atomic E-state index is -0.333. The van der Waals surface area contributed by atoms with Gasteiger partial charge in [-0.05, 0) is 69.0 Å². The quantitative estimate of drug-likeness (QED) is 0.341. The Bertz CT molecular complexity index is 560. The molecule has 0 spiro atoms. The summed E-state index contributed by atoms with van der Waals surface area (Å²) < 4.78 is 0. The lowest BCUT2D eigenvalue weighted by molar-refractivity contribution is -0.127. The minimum Gasteiger partial charge on any atom is -0.370 e. The number of carbonyl (C=O) groups excluding carboxylic acids is 7. The van der Waals surface area contributed by atoms with Gasteiger partial charge in [-0.1, -0.05) is 47.5 Å². The van der Waals surface area contributed by atoms with Crippen molar-refractivity contribution in [3.05, 3.63) is 0 Å². The van der Waals surface area contributed by atoms with Crippen molar-refractivity contribution in [2.45, 2.75) is 131 Å². The third-order valence-corrected chi connectivity index (χ3v) is 2.14. The SMILES string of the molecule is CC(C)=O.CC(C)=O.CC(C)=O.CC(N)=O.CCC.CCC.CCN(C)C(C)=O.CCNC.CCNC(C)=O.CNC(C)=O. The Morgan fingerprint density at radius 3 is 0.727 bits per heavy atom. The Hall–Kier alpha value is -3.15. The van der Waals surface area contributed by atoms with Gasteiger partial charge in [-0.2, -0.15) is 0 Å². The molecule has 0 radical (unpaired) electrons. The maximum Gasteiger partial charge on any atom is 0.219 e. The largest absolute Gasteiger partial charge is 0.370 e. The first kappa shape index (κ1) is 68.2. The highest BCUT2D eigenvalue weighted by molar-refractivity contribution is 5.73. The van der Waals surface area contributed by atoms with Crippen LogP contribution in [0.5, 0.6) is 0 Å². The number of Topliss-reactive ketones (excluding diaryl/α,β-unsaturated/α-hetero) is 3. The molecule has 0 bridgehead atoms. The number of nitrogens with one attached hydrogen (secondary N) is 3. The summed E-state index contributed by atoms with van der Waals surface area (Å²) in [5, 5.41) is 7.89. The Kier molecular flexibility index (Phi) is 112. The van der Waals surface area contributed by atoms with Crippen molar-refractivity contribution in [2.75, 3.05) is 40.8 Å². The van der Waals surface area contributed by atoms with Crippen molar-refractivity contribution in [1.82, 2.24) is 20.9 Å². The fourth-order valence-electron chi connectivity index (χ4n) is 0.472. The van der Waals surface area contributed by atoms with E-state index in [0.717, 1.165) is 19.6 Å². The van der Waals surface area contributed by atoms with Crippen molar-refractivity contribution in [3.8, 4) is 0 Å². The third-order valence-electron chi connectivity index (χ3n) is 2.14. The van der Waals surface area contributed by atoms with Crippen molar-refractivity contribution in [3.63, 3.8) is 0 Å². The Morgan fingerprint density at radius 1 is 0.545 bits per heavy atom. The lowest BCUT2D eigenvalue weighted by Crippen LogP contribution is -2.22. The number of nitrogens with zero attached hydrogens (tertiary/aromatic N) is 1. The average Bonchev–Trinajstić information content (AvgIpc) is 2.84. The van der Waals surface area contributed by atoms with Crippen molar-refractivity contribution in [2.24, 2.45) is 5.73 Å². The Balaban J connectivity index is -0.0000000369. The first-order valence-corrected chi connectivity index (χ1v) is 14.9. The third kappa shape index (κ3) is 711. The molecule has 0 unspecified atom stereocenters. The molecule has 0 aromatic carbocycles. The van der Waals surface area contributed by atoms with Crippen LogP contribution in [-0.4, -0.2) is 86.7 Å². The summed E-state index contributed by atoms with van der Waals surface area (Å²) in [6, 6.07) is 0. The molecular weight excluding hydrogens is 566 g/mol. The van der Waals surface area contributed by atoms with Crippen molar-refractivity contribution >= 4 is 41.0 Å². The van der Waals surface area contributed by atoms with E-state index in [1.54, 1.807) is 25.9 Å². The topological polar surface area (TPSA) is 185 Å². The van der Waals surface area contributed by atoms with Gasteiger partial charge in [-0.25, -0.2) is 0 Å². The molecule has 0 atom stereocenters. The first-order valence-electron chi connectivity index (χ1n) is 14.9. The molecule has 0 rings (SSSR count). The van der Waals surface area contributed by atoms with Gasteiger partial charge in [-0.3, -0.25) is 19.2 Å². The van der Waals surface area contributed by atoms with Gasteiger partial charge < -0.3 is 41.0 Å². The molecule has 0 fully saturated rings. The van der Waals surface area contributed by atoms with Gasteiger partial charge >= 0.3 is 0 Å². The van der Waals surface area contributed by atoms with Gasteiger partial charge in [-0.15, -0.1) is 0 Å². The summed E-state index contributed by atoms with van der Waals surface area (Å²) in [4.78, 5) is 69.1. The molecule has 5 N–H and O–H groups in total. The summed E-state index contributed by atoms with van der Waals surface area (Å²) in [7, 11) is 5.31. The highest BCUT2D eigenvalue weighted by Gasteiger charge is 1.93. The number of hydrogen-bond donors (Lipinski definition) is 4. The lowest BCUT2D eigenvalue weighted by atomic mass is 10.6. The summed E-state index contributed by atoms with van der Waals surface area (Å²) in [5.74, 6) is 0.338. The van der Waals surface area contributed by atoms with Gasteiger partial charge in [0.1, 0.15) is 17.3 Å². The highest BCUT2D eigenvalue weighted by Crippen LogP contribution is 1.78. The molecule has 0 heterocycles. The van der Waals surface area contributed by atoms with E-state index < -0.39 is 0 Å². The Labute approximate surface area is 272 Å².